The van der Waals surface area contributed by atoms with Gasteiger partial charge < -0.3 is 11.1 Å². The van der Waals surface area contributed by atoms with Crippen LogP contribution in [0, 0.1) is 11.7 Å². The van der Waals surface area contributed by atoms with Crippen LogP contribution >= 0.6 is 0 Å². The number of hydrogen-bond donors (Lipinski definition) is 2. The predicted molar refractivity (Wildman–Crippen MR) is 84.9 cm³/mol. The Morgan fingerprint density at radius 1 is 1.27 bits per heavy atom. The molecule has 0 bridgehead atoms. The van der Waals surface area contributed by atoms with Crippen LogP contribution < -0.4 is 11.1 Å². The Labute approximate surface area is 131 Å². The number of benzene rings is 1. The Morgan fingerprint density at radius 2 is 1.95 bits per heavy atom. The van der Waals surface area contributed by atoms with Crippen LogP contribution in [0.2, 0.25) is 0 Å². The molecule has 4 heteroatoms. The van der Waals surface area contributed by atoms with Crippen LogP contribution in [0.5, 0.6) is 0 Å². The summed E-state index contributed by atoms with van der Waals surface area (Å²) in [5.41, 5.74) is 7.03. The number of amides is 1. The molecule has 0 radical (unpaired) electrons. The number of rotatable bonds is 4. The molecule has 0 aromatic heterocycles. The molecule has 2 aliphatic carbocycles. The van der Waals surface area contributed by atoms with E-state index in [1.807, 2.05) is 19.1 Å². The molecule has 3 rings (SSSR count). The lowest BCUT2D eigenvalue weighted by Crippen LogP contribution is -2.53. The van der Waals surface area contributed by atoms with Gasteiger partial charge in [-0.25, -0.2) is 4.39 Å². The van der Waals surface area contributed by atoms with Crippen LogP contribution in [-0.2, 0) is 10.2 Å². The molecule has 3 N–H and O–H groups in total. The molecule has 2 saturated carbocycles. The summed E-state index contributed by atoms with van der Waals surface area (Å²) in [7, 11) is 0. The van der Waals surface area contributed by atoms with Gasteiger partial charge >= 0.3 is 0 Å². The lowest BCUT2D eigenvalue weighted by Gasteiger charge is -2.37. The lowest BCUT2D eigenvalue weighted by atomic mass is 9.74. The van der Waals surface area contributed by atoms with Crippen LogP contribution in [0.25, 0.3) is 0 Å². The molecule has 2 fully saturated rings. The Morgan fingerprint density at radius 3 is 2.55 bits per heavy atom. The summed E-state index contributed by atoms with van der Waals surface area (Å²) in [5, 5.41) is 3.11. The van der Waals surface area contributed by atoms with Crippen molar-refractivity contribution in [1.82, 2.24) is 5.32 Å². The van der Waals surface area contributed by atoms with Crippen LogP contribution in [0.15, 0.2) is 24.3 Å². The summed E-state index contributed by atoms with van der Waals surface area (Å²) < 4.78 is 13.1. The van der Waals surface area contributed by atoms with Crippen molar-refractivity contribution in [2.75, 3.05) is 6.54 Å². The maximum Gasteiger partial charge on any atom is 0.224 e. The van der Waals surface area contributed by atoms with Gasteiger partial charge in [0.1, 0.15) is 5.82 Å². The highest BCUT2D eigenvalue weighted by Gasteiger charge is 2.45. The lowest BCUT2D eigenvalue weighted by molar-refractivity contribution is -0.128. The van der Waals surface area contributed by atoms with E-state index in [4.69, 9.17) is 5.73 Å². The topological polar surface area (TPSA) is 55.1 Å². The highest BCUT2D eigenvalue weighted by atomic mass is 19.1. The van der Waals surface area contributed by atoms with Crippen LogP contribution in [-0.4, -0.2) is 18.0 Å². The first-order valence-electron chi connectivity index (χ1n) is 8.26. The number of halogens is 1. The zero-order valence-corrected chi connectivity index (χ0v) is 13.2. The van der Waals surface area contributed by atoms with Gasteiger partial charge in [0.2, 0.25) is 5.91 Å². The molecule has 3 nitrogen and oxygen atoms in total. The minimum absolute atomic E-state index is 0.00300. The van der Waals surface area contributed by atoms with Gasteiger partial charge in [-0.15, -0.1) is 0 Å². The number of carbonyl (C=O) groups is 1. The second-order valence-electron chi connectivity index (χ2n) is 7.31. The maximum absolute atomic E-state index is 13.1. The summed E-state index contributed by atoms with van der Waals surface area (Å²) in [6.45, 7) is 2.62. The average Bonchev–Trinajstić information content (AvgIpc) is 3.26. The van der Waals surface area contributed by atoms with E-state index in [-0.39, 0.29) is 23.1 Å². The van der Waals surface area contributed by atoms with Gasteiger partial charge in [0.15, 0.2) is 0 Å². The highest BCUT2D eigenvalue weighted by molar-refractivity contribution is 5.80. The van der Waals surface area contributed by atoms with E-state index in [2.05, 4.69) is 5.32 Å². The summed E-state index contributed by atoms with van der Waals surface area (Å²) in [5.74, 6) is -0.229. The van der Waals surface area contributed by atoms with E-state index in [1.165, 1.54) is 12.1 Å². The SMILES string of the molecule is CC1(N)CCCCC1C(=O)NCC1(c2ccc(F)cc2)CC1. The van der Waals surface area contributed by atoms with Gasteiger partial charge in [-0.05, 0) is 50.3 Å². The third-order valence-corrected chi connectivity index (χ3v) is 5.48. The number of nitrogens with one attached hydrogen (secondary N) is 1. The largest absolute Gasteiger partial charge is 0.355 e. The summed E-state index contributed by atoms with van der Waals surface area (Å²) in [6, 6.07) is 6.66. The van der Waals surface area contributed by atoms with Crippen molar-refractivity contribution in [3.05, 3.63) is 35.6 Å². The summed E-state index contributed by atoms with van der Waals surface area (Å²) >= 11 is 0. The smallest absolute Gasteiger partial charge is 0.224 e. The monoisotopic (exact) mass is 304 g/mol. The maximum atomic E-state index is 13.1. The predicted octanol–water partition coefficient (Wildman–Crippen LogP) is 2.88. The molecule has 120 valence electrons. The van der Waals surface area contributed by atoms with Crippen molar-refractivity contribution < 1.29 is 9.18 Å². The number of hydrogen-bond acceptors (Lipinski definition) is 2. The average molecular weight is 304 g/mol. The highest BCUT2D eigenvalue weighted by Crippen LogP contribution is 2.47. The minimum Gasteiger partial charge on any atom is -0.355 e. The Balaban J connectivity index is 1.62. The number of carbonyl (C=O) groups excluding carboxylic acids is 1. The molecule has 22 heavy (non-hydrogen) atoms. The minimum atomic E-state index is -0.394. The Hall–Kier alpha value is -1.42. The molecule has 1 aromatic rings. The molecule has 0 spiro atoms. The molecule has 2 aliphatic rings. The first-order valence-corrected chi connectivity index (χ1v) is 8.26. The zero-order valence-electron chi connectivity index (χ0n) is 13.2. The standard InChI is InChI=1S/C18H25FN2O/c1-17(20)9-3-2-4-15(17)16(22)21-12-18(10-11-18)13-5-7-14(19)8-6-13/h5-8,15H,2-4,9-12,20H2,1H3,(H,21,22). The van der Waals surface area contributed by atoms with Crippen molar-refractivity contribution in [3.63, 3.8) is 0 Å². The van der Waals surface area contributed by atoms with E-state index >= 15 is 0 Å². The summed E-state index contributed by atoms with van der Waals surface area (Å²) in [4.78, 5) is 12.5. The van der Waals surface area contributed by atoms with Gasteiger partial charge in [0, 0.05) is 17.5 Å². The molecule has 0 heterocycles. The normalized spacial score (nSPS) is 29.9. The van der Waals surface area contributed by atoms with Crippen molar-refractivity contribution in [2.24, 2.45) is 11.7 Å². The molecule has 2 atom stereocenters. The van der Waals surface area contributed by atoms with Gasteiger partial charge in [0.05, 0.1) is 5.92 Å². The first-order chi connectivity index (χ1) is 10.4. The van der Waals surface area contributed by atoms with Gasteiger partial charge in [-0.1, -0.05) is 25.0 Å². The van der Waals surface area contributed by atoms with Crippen LogP contribution in [0.1, 0.15) is 51.0 Å². The van der Waals surface area contributed by atoms with Gasteiger partial charge in [-0.2, -0.15) is 0 Å². The molecule has 2 unspecified atom stereocenters. The second kappa shape index (κ2) is 5.65. The molecular formula is C18H25FN2O. The first kappa shape index (κ1) is 15.5. The van der Waals surface area contributed by atoms with Gasteiger partial charge in [0.25, 0.3) is 0 Å². The quantitative estimate of drug-likeness (QED) is 0.898. The summed E-state index contributed by atoms with van der Waals surface area (Å²) in [6.07, 6.45) is 6.06. The molecule has 0 aliphatic heterocycles. The van der Waals surface area contributed by atoms with Crippen LogP contribution in [0.3, 0.4) is 0 Å². The van der Waals surface area contributed by atoms with Crippen LogP contribution in [0.4, 0.5) is 4.39 Å². The third kappa shape index (κ3) is 3.02. The molecule has 0 saturated heterocycles. The van der Waals surface area contributed by atoms with Crippen molar-refractivity contribution in [3.8, 4) is 0 Å². The fourth-order valence-corrected chi connectivity index (χ4v) is 3.69. The van der Waals surface area contributed by atoms with E-state index in [1.54, 1.807) is 0 Å². The van der Waals surface area contributed by atoms with E-state index in [0.717, 1.165) is 44.1 Å². The fraction of sp³-hybridized carbons (Fsp3) is 0.611. The van der Waals surface area contributed by atoms with E-state index in [0.29, 0.717) is 6.54 Å². The second-order valence-corrected chi connectivity index (χ2v) is 7.31. The van der Waals surface area contributed by atoms with E-state index < -0.39 is 5.54 Å². The number of nitrogens with two attached hydrogens (primary N) is 1. The van der Waals surface area contributed by atoms with Crippen molar-refractivity contribution >= 4 is 5.91 Å². The molecule has 1 aromatic carbocycles. The molecule has 1 amide bonds. The molecular weight excluding hydrogens is 279 g/mol. The Kier molecular flexibility index (Phi) is 3.98. The van der Waals surface area contributed by atoms with Crippen molar-refractivity contribution in [2.45, 2.75) is 56.4 Å². The Bertz CT molecular complexity index is 549. The zero-order chi connectivity index (χ0) is 15.8. The van der Waals surface area contributed by atoms with Gasteiger partial charge in [-0.3, -0.25) is 4.79 Å². The fourth-order valence-electron chi connectivity index (χ4n) is 3.69. The third-order valence-electron chi connectivity index (χ3n) is 5.48. The van der Waals surface area contributed by atoms with Crippen molar-refractivity contribution in [1.29, 1.82) is 0 Å². The van der Waals surface area contributed by atoms with E-state index in [9.17, 15) is 9.18 Å².